The summed E-state index contributed by atoms with van der Waals surface area (Å²) >= 11 is 1.18. The third-order valence-corrected chi connectivity index (χ3v) is 1.66. The topological polar surface area (TPSA) is 37.3 Å². The molecule has 0 heterocycles. The Morgan fingerprint density at radius 1 is 1.78 bits per heavy atom. The number of rotatable bonds is 4. The van der Waals surface area contributed by atoms with Gasteiger partial charge in [-0.15, -0.1) is 0 Å². The Morgan fingerprint density at radius 2 is 2.44 bits per heavy atom. The van der Waals surface area contributed by atoms with Crippen molar-refractivity contribution in [3.8, 4) is 0 Å². The maximum absolute atomic E-state index is 10.4. The summed E-state index contributed by atoms with van der Waals surface area (Å²) in [7, 11) is 0. The third-order valence-electron chi connectivity index (χ3n) is 0.713. The molecule has 0 aliphatic rings. The monoisotopic (exact) mass is 146 g/mol. The fraction of sp³-hybridized carbons (Fsp3) is 0.500. The van der Waals surface area contributed by atoms with Crippen LogP contribution in [0.15, 0.2) is 12.7 Å². The van der Waals surface area contributed by atoms with Gasteiger partial charge in [-0.2, -0.15) is 0 Å². The van der Waals surface area contributed by atoms with E-state index >= 15 is 0 Å². The Kier molecular flexibility index (Phi) is 5.67. The summed E-state index contributed by atoms with van der Waals surface area (Å²) in [5.74, 6) is 0.682. The van der Waals surface area contributed by atoms with Gasteiger partial charge in [0.1, 0.15) is 0 Å². The largest absolute Gasteiger partial charge is 0.396 e. The molecule has 2 nitrogen and oxygen atoms in total. The molecular weight excluding hydrogens is 136 g/mol. The van der Waals surface area contributed by atoms with Gasteiger partial charge in [-0.25, -0.2) is 0 Å². The predicted octanol–water partition coefficient (Wildman–Crippen LogP) is 0.815. The maximum Gasteiger partial charge on any atom is 0.211 e. The van der Waals surface area contributed by atoms with E-state index in [1.165, 1.54) is 17.8 Å². The van der Waals surface area contributed by atoms with Crippen molar-refractivity contribution in [1.82, 2.24) is 0 Å². The molecule has 0 aromatic carbocycles. The van der Waals surface area contributed by atoms with Crippen LogP contribution in [0.25, 0.3) is 0 Å². The summed E-state index contributed by atoms with van der Waals surface area (Å²) in [5, 5.41) is 8.28. The van der Waals surface area contributed by atoms with Crippen LogP contribution in [0.2, 0.25) is 0 Å². The van der Waals surface area contributed by atoms with Crippen LogP contribution in [-0.2, 0) is 4.79 Å². The first kappa shape index (κ1) is 8.72. The Morgan fingerprint density at radius 3 is 2.89 bits per heavy atom. The summed E-state index contributed by atoms with van der Waals surface area (Å²) < 4.78 is 0. The molecule has 52 valence electrons. The molecule has 0 spiro atoms. The number of hydrogen-bond acceptors (Lipinski definition) is 3. The zero-order valence-electron chi connectivity index (χ0n) is 5.17. The minimum Gasteiger partial charge on any atom is -0.396 e. The highest BCUT2D eigenvalue weighted by Crippen LogP contribution is 2.03. The highest BCUT2D eigenvalue weighted by Gasteiger charge is 1.93. The van der Waals surface area contributed by atoms with Crippen LogP contribution in [0.5, 0.6) is 0 Å². The minimum atomic E-state index is -0.0246. The van der Waals surface area contributed by atoms with Crippen molar-refractivity contribution >= 4 is 16.9 Å². The molecule has 0 radical (unpaired) electrons. The molecular formula is C6H10O2S. The highest BCUT2D eigenvalue weighted by molar-refractivity contribution is 8.14. The molecule has 0 bridgehead atoms. The summed E-state index contributed by atoms with van der Waals surface area (Å²) in [6, 6.07) is 0. The van der Waals surface area contributed by atoms with E-state index < -0.39 is 0 Å². The molecule has 0 amide bonds. The van der Waals surface area contributed by atoms with E-state index in [1.54, 1.807) is 0 Å². The number of aliphatic hydroxyl groups is 1. The number of thioether (sulfide) groups is 1. The lowest BCUT2D eigenvalue weighted by Gasteiger charge is -1.91. The van der Waals surface area contributed by atoms with Crippen LogP contribution in [0, 0.1) is 0 Å². The number of carbonyl (C=O) groups excluding carboxylic acids is 1. The molecule has 0 saturated heterocycles. The van der Waals surface area contributed by atoms with E-state index in [-0.39, 0.29) is 11.7 Å². The molecule has 0 rings (SSSR count). The molecule has 0 fully saturated rings. The van der Waals surface area contributed by atoms with E-state index in [0.29, 0.717) is 12.2 Å². The van der Waals surface area contributed by atoms with Crippen molar-refractivity contribution in [3.63, 3.8) is 0 Å². The van der Waals surface area contributed by atoms with E-state index in [0.717, 1.165) is 0 Å². The minimum absolute atomic E-state index is 0.0246. The second-order valence-corrected chi connectivity index (χ2v) is 2.55. The predicted molar refractivity (Wildman–Crippen MR) is 39.4 cm³/mol. The second-order valence-electron chi connectivity index (χ2n) is 1.45. The van der Waals surface area contributed by atoms with Crippen molar-refractivity contribution in [1.29, 1.82) is 0 Å². The quantitative estimate of drug-likeness (QED) is 0.471. The Labute approximate surface area is 59.0 Å². The summed E-state index contributed by atoms with van der Waals surface area (Å²) in [6.45, 7) is 3.46. The van der Waals surface area contributed by atoms with Crippen LogP contribution in [0.3, 0.4) is 0 Å². The Bertz CT molecular complexity index is 101. The van der Waals surface area contributed by atoms with Gasteiger partial charge in [0.2, 0.25) is 5.12 Å². The molecule has 0 aliphatic carbocycles. The van der Waals surface area contributed by atoms with E-state index in [9.17, 15) is 4.79 Å². The molecule has 9 heavy (non-hydrogen) atoms. The first-order valence-corrected chi connectivity index (χ1v) is 3.70. The normalized spacial score (nSPS) is 9.00. The zero-order valence-corrected chi connectivity index (χ0v) is 5.99. The lowest BCUT2D eigenvalue weighted by Crippen LogP contribution is -1.90. The fourth-order valence-corrected chi connectivity index (χ4v) is 0.889. The van der Waals surface area contributed by atoms with Gasteiger partial charge >= 0.3 is 0 Å². The van der Waals surface area contributed by atoms with Crippen molar-refractivity contribution in [2.24, 2.45) is 0 Å². The van der Waals surface area contributed by atoms with Crippen LogP contribution >= 0.6 is 11.8 Å². The first-order chi connectivity index (χ1) is 4.31. The van der Waals surface area contributed by atoms with Crippen LogP contribution < -0.4 is 0 Å². The van der Waals surface area contributed by atoms with E-state index in [2.05, 4.69) is 6.58 Å². The van der Waals surface area contributed by atoms with Crippen LogP contribution in [0.4, 0.5) is 0 Å². The van der Waals surface area contributed by atoms with E-state index in [1.807, 2.05) is 0 Å². The molecule has 0 unspecified atom stereocenters. The average molecular weight is 146 g/mol. The van der Waals surface area contributed by atoms with Gasteiger partial charge in [-0.3, -0.25) is 4.79 Å². The van der Waals surface area contributed by atoms with Gasteiger partial charge in [0.25, 0.3) is 0 Å². The average Bonchev–Trinajstić information content (AvgIpc) is 1.89. The van der Waals surface area contributed by atoms with Gasteiger partial charge in [-0.05, 0) is 12.5 Å². The molecule has 0 aromatic rings. The Hall–Kier alpha value is -0.280. The van der Waals surface area contributed by atoms with Crippen LogP contribution in [-0.4, -0.2) is 22.6 Å². The van der Waals surface area contributed by atoms with Crippen molar-refractivity contribution in [2.45, 2.75) is 6.42 Å². The molecule has 3 heteroatoms. The first-order valence-electron chi connectivity index (χ1n) is 2.71. The number of aliphatic hydroxyl groups excluding tert-OH is 1. The lowest BCUT2D eigenvalue weighted by atomic mass is 10.5. The fourth-order valence-electron chi connectivity index (χ4n) is 0.296. The Balaban J connectivity index is 3.07. The van der Waals surface area contributed by atoms with Gasteiger partial charge in [0.15, 0.2) is 0 Å². The maximum atomic E-state index is 10.4. The number of hydrogen-bond donors (Lipinski definition) is 1. The van der Waals surface area contributed by atoms with Crippen molar-refractivity contribution in [2.75, 3.05) is 12.4 Å². The highest BCUT2D eigenvalue weighted by atomic mass is 32.2. The summed E-state index contributed by atoms with van der Waals surface area (Å²) in [4.78, 5) is 10.4. The standard InChI is InChI=1S/C6H10O2S/c1-2-6(8)9-5-3-4-7/h2,7H,1,3-5H2. The summed E-state index contributed by atoms with van der Waals surface area (Å²) in [6.07, 6.45) is 1.95. The molecule has 0 aliphatic heterocycles. The second kappa shape index (κ2) is 5.85. The summed E-state index contributed by atoms with van der Waals surface area (Å²) in [5.41, 5.74) is 0. The lowest BCUT2D eigenvalue weighted by molar-refractivity contribution is -0.107. The SMILES string of the molecule is C=CC(=O)SCCCO. The smallest absolute Gasteiger partial charge is 0.211 e. The third kappa shape index (κ3) is 5.59. The van der Waals surface area contributed by atoms with Gasteiger partial charge in [-0.1, -0.05) is 18.3 Å². The molecule has 0 aromatic heterocycles. The molecule has 0 atom stereocenters. The molecule has 1 N–H and O–H groups in total. The van der Waals surface area contributed by atoms with Gasteiger partial charge in [0.05, 0.1) is 0 Å². The van der Waals surface area contributed by atoms with Crippen molar-refractivity contribution in [3.05, 3.63) is 12.7 Å². The van der Waals surface area contributed by atoms with Gasteiger partial charge in [0, 0.05) is 12.4 Å². The van der Waals surface area contributed by atoms with Gasteiger partial charge < -0.3 is 5.11 Å². The van der Waals surface area contributed by atoms with Crippen LogP contribution in [0.1, 0.15) is 6.42 Å². The zero-order chi connectivity index (χ0) is 7.11. The number of carbonyl (C=O) groups is 1. The molecule has 0 saturated carbocycles. The van der Waals surface area contributed by atoms with E-state index in [4.69, 9.17) is 5.11 Å². The van der Waals surface area contributed by atoms with Crippen molar-refractivity contribution < 1.29 is 9.90 Å².